The molecule has 0 atom stereocenters. The van der Waals surface area contributed by atoms with Gasteiger partial charge in [0.05, 0.1) is 7.11 Å². The molecule has 0 spiro atoms. The number of halogens is 2. The van der Waals surface area contributed by atoms with Gasteiger partial charge in [-0.05, 0) is 6.42 Å². The highest BCUT2D eigenvalue weighted by Crippen LogP contribution is 2.08. The highest BCUT2D eigenvalue weighted by Gasteiger charge is 1.96. The van der Waals surface area contributed by atoms with E-state index >= 15 is 0 Å². The summed E-state index contributed by atoms with van der Waals surface area (Å²) in [6, 6.07) is 0. The van der Waals surface area contributed by atoms with Gasteiger partial charge in [-0.2, -0.15) is 0 Å². The molecule has 0 saturated heterocycles. The Labute approximate surface area is 69.8 Å². The second-order valence-corrected chi connectivity index (χ2v) is 2.62. The first-order valence-electron chi connectivity index (χ1n) is 2.74. The molecule has 0 heterocycles. The lowest BCUT2D eigenvalue weighted by atomic mass is 10.3. The summed E-state index contributed by atoms with van der Waals surface area (Å²) >= 11 is 10.6. The second kappa shape index (κ2) is 5.57. The monoisotopic (exact) mass is 182 g/mol. The Morgan fingerprint density at radius 3 is 2.60 bits per heavy atom. The van der Waals surface area contributed by atoms with Gasteiger partial charge in [0, 0.05) is 6.42 Å². The van der Waals surface area contributed by atoms with Gasteiger partial charge in [0.2, 0.25) is 0 Å². The Morgan fingerprint density at radius 2 is 2.20 bits per heavy atom. The van der Waals surface area contributed by atoms with E-state index in [2.05, 4.69) is 4.74 Å². The van der Waals surface area contributed by atoms with Gasteiger partial charge in [0.1, 0.15) is 4.49 Å². The Kier molecular flexibility index (Phi) is 5.45. The molecule has 0 bridgehead atoms. The minimum Gasteiger partial charge on any atom is -0.469 e. The van der Waals surface area contributed by atoms with Crippen LogP contribution >= 0.6 is 23.2 Å². The van der Waals surface area contributed by atoms with E-state index in [1.165, 1.54) is 7.11 Å². The van der Waals surface area contributed by atoms with Crippen LogP contribution in [0.5, 0.6) is 0 Å². The maximum atomic E-state index is 10.5. The van der Waals surface area contributed by atoms with Crippen LogP contribution in [0.3, 0.4) is 0 Å². The third-order valence-corrected chi connectivity index (χ3v) is 1.18. The van der Waals surface area contributed by atoms with Crippen molar-refractivity contribution in [3.63, 3.8) is 0 Å². The largest absolute Gasteiger partial charge is 0.469 e. The molecule has 0 aliphatic rings. The van der Waals surface area contributed by atoms with Crippen molar-refractivity contribution in [3.05, 3.63) is 10.6 Å². The molecule has 4 heteroatoms. The van der Waals surface area contributed by atoms with Gasteiger partial charge >= 0.3 is 5.97 Å². The van der Waals surface area contributed by atoms with Crippen molar-refractivity contribution >= 4 is 29.2 Å². The molecule has 0 amide bonds. The van der Waals surface area contributed by atoms with E-state index in [9.17, 15) is 4.79 Å². The zero-order chi connectivity index (χ0) is 7.98. The van der Waals surface area contributed by atoms with Gasteiger partial charge in [0.25, 0.3) is 0 Å². The predicted molar refractivity (Wildman–Crippen MR) is 41.0 cm³/mol. The number of allylic oxidation sites excluding steroid dienone is 1. The van der Waals surface area contributed by atoms with Crippen LogP contribution in [0.4, 0.5) is 0 Å². The van der Waals surface area contributed by atoms with Gasteiger partial charge in [0.15, 0.2) is 0 Å². The molecule has 10 heavy (non-hydrogen) atoms. The minimum atomic E-state index is -0.258. The Balaban J connectivity index is 3.37. The highest BCUT2D eigenvalue weighted by molar-refractivity contribution is 6.55. The molecule has 0 aliphatic carbocycles. The van der Waals surface area contributed by atoms with E-state index in [0.29, 0.717) is 12.8 Å². The summed E-state index contributed by atoms with van der Waals surface area (Å²) in [5, 5.41) is 0. The molecule has 0 aromatic heterocycles. The number of ether oxygens (including phenoxy) is 1. The number of carbonyl (C=O) groups is 1. The molecular weight excluding hydrogens is 175 g/mol. The van der Waals surface area contributed by atoms with E-state index < -0.39 is 0 Å². The van der Waals surface area contributed by atoms with Crippen LogP contribution in [-0.2, 0) is 9.53 Å². The van der Waals surface area contributed by atoms with Gasteiger partial charge in [-0.25, -0.2) is 0 Å². The first-order chi connectivity index (χ1) is 4.66. The lowest BCUT2D eigenvalue weighted by molar-refractivity contribution is -0.140. The molecule has 0 aliphatic heterocycles. The van der Waals surface area contributed by atoms with Gasteiger partial charge in [-0.1, -0.05) is 29.3 Å². The topological polar surface area (TPSA) is 26.3 Å². The Hall–Kier alpha value is -0.210. The number of methoxy groups -OCH3 is 1. The normalized spacial score (nSPS) is 8.70. The fraction of sp³-hybridized carbons (Fsp3) is 0.500. The average molecular weight is 183 g/mol. The molecule has 0 N–H and O–H groups in total. The van der Waals surface area contributed by atoms with Crippen LogP contribution < -0.4 is 0 Å². The quantitative estimate of drug-likeness (QED) is 0.627. The smallest absolute Gasteiger partial charge is 0.305 e. The van der Waals surface area contributed by atoms with E-state index in [4.69, 9.17) is 23.2 Å². The first-order valence-corrected chi connectivity index (χ1v) is 3.50. The third-order valence-electron chi connectivity index (χ3n) is 0.875. The standard InChI is InChI=1S/C6H8Cl2O2/c1-10-6(9)4-2-3-5(7)8/h3H,2,4H2,1H3. The van der Waals surface area contributed by atoms with Crippen molar-refractivity contribution < 1.29 is 9.53 Å². The molecule has 0 unspecified atom stereocenters. The van der Waals surface area contributed by atoms with Crippen LogP contribution in [0, 0.1) is 0 Å². The Bertz CT molecular complexity index is 139. The molecule has 2 nitrogen and oxygen atoms in total. The highest BCUT2D eigenvalue weighted by atomic mass is 35.5. The van der Waals surface area contributed by atoms with Crippen LogP contribution in [0.25, 0.3) is 0 Å². The zero-order valence-corrected chi connectivity index (χ0v) is 7.08. The lowest BCUT2D eigenvalue weighted by Crippen LogP contribution is -1.97. The van der Waals surface area contributed by atoms with E-state index in [1.807, 2.05) is 0 Å². The third kappa shape index (κ3) is 5.92. The summed E-state index contributed by atoms with van der Waals surface area (Å²) in [6.45, 7) is 0. The summed E-state index contributed by atoms with van der Waals surface area (Å²) in [5.74, 6) is -0.258. The Morgan fingerprint density at radius 1 is 1.60 bits per heavy atom. The molecule has 0 fully saturated rings. The molecular formula is C6H8Cl2O2. The molecule has 0 radical (unpaired) electrons. The minimum absolute atomic E-state index is 0.184. The van der Waals surface area contributed by atoms with Crippen molar-refractivity contribution in [1.29, 1.82) is 0 Å². The van der Waals surface area contributed by atoms with Gasteiger partial charge < -0.3 is 4.74 Å². The van der Waals surface area contributed by atoms with Crippen molar-refractivity contribution in [2.75, 3.05) is 7.11 Å². The summed E-state index contributed by atoms with van der Waals surface area (Å²) in [5.41, 5.74) is 0. The number of rotatable bonds is 3. The second-order valence-electron chi connectivity index (χ2n) is 1.61. The van der Waals surface area contributed by atoms with Crippen molar-refractivity contribution in [1.82, 2.24) is 0 Å². The molecule has 0 aromatic rings. The fourth-order valence-corrected chi connectivity index (χ4v) is 0.619. The summed E-state index contributed by atoms with van der Waals surface area (Å²) in [6.07, 6.45) is 2.40. The average Bonchev–Trinajstić information content (AvgIpc) is 1.87. The molecule has 0 aromatic carbocycles. The summed E-state index contributed by atoms with van der Waals surface area (Å²) in [4.78, 5) is 10.5. The first kappa shape index (κ1) is 9.79. The van der Waals surface area contributed by atoms with Crippen molar-refractivity contribution in [2.24, 2.45) is 0 Å². The summed E-state index contributed by atoms with van der Waals surface area (Å²) < 4.78 is 4.56. The van der Waals surface area contributed by atoms with E-state index in [-0.39, 0.29) is 10.5 Å². The molecule has 0 saturated carbocycles. The predicted octanol–water partition coefficient (Wildman–Crippen LogP) is 2.26. The van der Waals surface area contributed by atoms with Crippen LogP contribution in [-0.4, -0.2) is 13.1 Å². The summed E-state index contributed by atoms with van der Waals surface area (Å²) in [7, 11) is 1.34. The molecule has 0 rings (SSSR count). The van der Waals surface area contributed by atoms with E-state index in [0.717, 1.165) is 0 Å². The van der Waals surface area contributed by atoms with Crippen LogP contribution in [0.15, 0.2) is 10.6 Å². The fourth-order valence-electron chi connectivity index (χ4n) is 0.401. The number of esters is 1. The number of hydrogen-bond donors (Lipinski definition) is 0. The number of carbonyl (C=O) groups excluding carboxylic acids is 1. The lowest BCUT2D eigenvalue weighted by Gasteiger charge is -1.93. The van der Waals surface area contributed by atoms with E-state index in [1.54, 1.807) is 6.08 Å². The van der Waals surface area contributed by atoms with Crippen molar-refractivity contribution in [2.45, 2.75) is 12.8 Å². The van der Waals surface area contributed by atoms with Gasteiger partial charge in [-0.15, -0.1) is 0 Å². The maximum Gasteiger partial charge on any atom is 0.305 e. The maximum absolute atomic E-state index is 10.5. The van der Waals surface area contributed by atoms with Crippen LogP contribution in [0.2, 0.25) is 0 Å². The molecule has 58 valence electrons. The SMILES string of the molecule is COC(=O)CCC=C(Cl)Cl. The van der Waals surface area contributed by atoms with Crippen LogP contribution in [0.1, 0.15) is 12.8 Å². The zero-order valence-electron chi connectivity index (χ0n) is 5.56. The van der Waals surface area contributed by atoms with Gasteiger partial charge in [-0.3, -0.25) is 4.79 Å². The number of hydrogen-bond acceptors (Lipinski definition) is 2. The van der Waals surface area contributed by atoms with Crippen molar-refractivity contribution in [3.8, 4) is 0 Å².